The summed E-state index contributed by atoms with van der Waals surface area (Å²) in [4.78, 5) is 21.8. The number of thiophene rings is 1. The van der Waals surface area contributed by atoms with Crippen LogP contribution in [0, 0.1) is 20.8 Å². The highest BCUT2D eigenvalue weighted by Gasteiger charge is 2.14. The number of aromatic amines is 1. The van der Waals surface area contributed by atoms with Crippen LogP contribution in [0.15, 0.2) is 34.5 Å². The molecule has 6 nitrogen and oxygen atoms in total. The van der Waals surface area contributed by atoms with E-state index in [-0.39, 0.29) is 5.56 Å². The average molecular weight is 418 g/mol. The van der Waals surface area contributed by atoms with E-state index in [0.29, 0.717) is 27.1 Å². The van der Waals surface area contributed by atoms with Gasteiger partial charge in [-0.1, -0.05) is 29.4 Å². The zero-order valence-corrected chi connectivity index (χ0v) is 17.3. The summed E-state index contributed by atoms with van der Waals surface area (Å²) in [6, 6.07) is 5.81. The number of hydrogen-bond acceptors (Lipinski definition) is 6. The molecule has 0 aliphatic carbocycles. The van der Waals surface area contributed by atoms with Crippen molar-refractivity contribution in [3.8, 4) is 5.69 Å². The molecule has 3 heterocycles. The van der Waals surface area contributed by atoms with E-state index in [1.54, 1.807) is 17.7 Å². The van der Waals surface area contributed by atoms with Crippen molar-refractivity contribution in [2.45, 2.75) is 31.7 Å². The lowest BCUT2D eigenvalue weighted by Crippen LogP contribution is -2.11. The minimum atomic E-state index is -0.0933. The first-order valence-corrected chi connectivity index (χ1v) is 10.4. The van der Waals surface area contributed by atoms with E-state index < -0.39 is 0 Å². The zero-order valence-electron chi connectivity index (χ0n) is 14.9. The Morgan fingerprint density at radius 2 is 2.11 bits per heavy atom. The number of aromatic nitrogens is 5. The van der Waals surface area contributed by atoms with E-state index in [4.69, 9.17) is 11.6 Å². The van der Waals surface area contributed by atoms with Gasteiger partial charge in [0.15, 0.2) is 5.16 Å². The number of halogens is 1. The van der Waals surface area contributed by atoms with Crippen LogP contribution in [0.2, 0.25) is 5.02 Å². The number of nitrogens with zero attached hydrogens (tertiary/aromatic N) is 4. The second-order valence-corrected chi connectivity index (χ2v) is 8.73. The predicted molar refractivity (Wildman–Crippen MR) is 110 cm³/mol. The molecule has 0 aliphatic rings. The number of hydrogen-bond donors (Lipinski definition) is 1. The molecule has 4 rings (SSSR count). The van der Waals surface area contributed by atoms with Crippen LogP contribution >= 0.6 is 34.7 Å². The van der Waals surface area contributed by atoms with Crippen molar-refractivity contribution < 1.29 is 0 Å². The van der Waals surface area contributed by atoms with Crippen LogP contribution in [0.25, 0.3) is 15.9 Å². The van der Waals surface area contributed by atoms with Gasteiger partial charge in [0.2, 0.25) is 0 Å². The van der Waals surface area contributed by atoms with Crippen molar-refractivity contribution in [2.75, 3.05) is 0 Å². The molecular weight excluding hydrogens is 402 g/mol. The second kappa shape index (κ2) is 7.10. The quantitative estimate of drug-likeness (QED) is 0.497. The molecule has 9 heteroatoms. The Morgan fingerprint density at radius 1 is 1.30 bits per heavy atom. The molecule has 1 N–H and O–H groups in total. The number of thioether (sulfide) groups is 1. The molecule has 0 bridgehead atoms. The zero-order chi connectivity index (χ0) is 19.1. The van der Waals surface area contributed by atoms with Crippen LogP contribution in [0.5, 0.6) is 0 Å². The Morgan fingerprint density at radius 3 is 2.89 bits per heavy atom. The van der Waals surface area contributed by atoms with Gasteiger partial charge in [0.05, 0.1) is 16.8 Å². The third-order valence-electron chi connectivity index (χ3n) is 4.38. The van der Waals surface area contributed by atoms with Gasteiger partial charge in [-0.15, -0.1) is 21.5 Å². The molecule has 4 aromatic rings. The molecule has 0 saturated carbocycles. The Labute approximate surface area is 168 Å². The van der Waals surface area contributed by atoms with Gasteiger partial charge in [-0.2, -0.15) is 0 Å². The van der Waals surface area contributed by atoms with Crippen molar-refractivity contribution in [1.29, 1.82) is 0 Å². The second-order valence-electron chi connectivity index (χ2n) is 6.18. The van der Waals surface area contributed by atoms with Crippen LogP contribution < -0.4 is 5.56 Å². The summed E-state index contributed by atoms with van der Waals surface area (Å²) in [7, 11) is 0. The monoisotopic (exact) mass is 417 g/mol. The van der Waals surface area contributed by atoms with Crippen LogP contribution in [-0.4, -0.2) is 24.7 Å². The lowest BCUT2D eigenvalue weighted by Gasteiger charge is -2.07. The van der Waals surface area contributed by atoms with Gasteiger partial charge in [-0.3, -0.25) is 9.36 Å². The first-order chi connectivity index (χ1) is 12.9. The lowest BCUT2D eigenvalue weighted by atomic mass is 10.2. The molecular formula is C18H16ClN5OS2. The summed E-state index contributed by atoms with van der Waals surface area (Å²) in [5, 5.41) is 10.3. The minimum Gasteiger partial charge on any atom is -0.309 e. The van der Waals surface area contributed by atoms with Crippen LogP contribution in [0.4, 0.5) is 0 Å². The number of H-pyrrole nitrogens is 1. The van der Waals surface area contributed by atoms with Crippen molar-refractivity contribution in [1.82, 2.24) is 24.7 Å². The SMILES string of the molecule is Cc1ccc(-n2cnnc2SCc2nc3sc(C)c(C)c3c(=O)[nH]2)cc1Cl. The molecule has 0 spiro atoms. The van der Waals surface area contributed by atoms with E-state index >= 15 is 0 Å². The molecule has 0 aliphatic heterocycles. The first kappa shape index (κ1) is 18.2. The Hall–Kier alpha value is -2.16. The molecule has 1 aromatic carbocycles. The van der Waals surface area contributed by atoms with Crippen LogP contribution in [0.1, 0.15) is 21.8 Å². The standard InChI is InChI=1S/C18H16ClN5OS2/c1-9-4-5-12(6-13(9)19)24-8-20-23-18(24)26-7-14-21-16(25)15-10(2)11(3)27-17(15)22-14/h4-6,8H,7H2,1-3H3,(H,21,22,25). The van der Waals surface area contributed by atoms with Crippen LogP contribution in [0.3, 0.4) is 0 Å². The summed E-state index contributed by atoms with van der Waals surface area (Å²) >= 11 is 9.24. The molecule has 0 saturated heterocycles. The molecule has 0 fully saturated rings. The third kappa shape index (κ3) is 3.40. The summed E-state index contributed by atoms with van der Waals surface area (Å²) < 4.78 is 1.87. The van der Waals surface area contributed by atoms with E-state index in [2.05, 4.69) is 20.2 Å². The van der Waals surface area contributed by atoms with Gasteiger partial charge < -0.3 is 4.98 Å². The fourth-order valence-corrected chi connectivity index (χ4v) is 4.75. The summed E-state index contributed by atoms with van der Waals surface area (Å²) in [5.41, 5.74) is 2.81. The number of benzene rings is 1. The molecule has 138 valence electrons. The summed E-state index contributed by atoms with van der Waals surface area (Å²) in [5.74, 6) is 1.11. The maximum Gasteiger partial charge on any atom is 0.259 e. The molecule has 0 unspecified atom stereocenters. The minimum absolute atomic E-state index is 0.0933. The maximum atomic E-state index is 12.4. The fourth-order valence-electron chi connectivity index (χ4n) is 2.73. The van der Waals surface area contributed by atoms with Crippen LogP contribution in [-0.2, 0) is 5.75 Å². The van der Waals surface area contributed by atoms with E-state index in [0.717, 1.165) is 26.5 Å². The maximum absolute atomic E-state index is 12.4. The number of aryl methyl sites for hydroxylation is 3. The number of rotatable bonds is 4. The third-order valence-corrected chi connectivity index (χ3v) is 6.84. The number of fused-ring (bicyclic) bond motifs is 1. The molecule has 3 aromatic heterocycles. The Balaban J connectivity index is 1.62. The summed E-state index contributed by atoms with van der Waals surface area (Å²) in [6.07, 6.45) is 1.65. The number of nitrogens with one attached hydrogen (secondary N) is 1. The van der Waals surface area contributed by atoms with E-state index in [1.807, 2.05) is 43.5 Å². The van der Waals surface area contributed by atoms with Gasteiger partial charge in [0.1, 0.15) is 17.0 Å². The van der Waals surface area contributed by atoms with Gasteiger partial charge in [0.25, 0.3) is 5.56 Å². The van der Waals surface area contributed by atoms with Crippen molar-refractivity contribution in [3.63, 3.8) is 0 Å². The van der Waals surface area contributed by atoms with E-state index in [9.17, 15) is 4.79 Å². The van der Waals surface area contributed by atoms with Crippen molar-refractivity contribution in [3.05, 3.63) is 61.7 Å². The smallest absolute Gasteiger partial charge is 0.259 e. The summed E-state index contributed by atoms with van der Waals surface area (Å²) in [6.45, 7) is 5.92. The normalized spacial score (nSPS) is 11.4. The van der Waals surface area contributed by atoms with E-state index in [1.165, 1.54) is 11.8 Å². The highest BCUT2D eigenvalue weighted by atomic mass is 35.5. The predicted octanol–water partition coefficient (Wildman–Crippen LogP) is 4.44. The lowest BCUT2D eigenvalue weighted by molar-refractivity contribution is 0.881. The molecule has 27 heavy (non-hydrogen) atoms. The molecule has 0 amide bonds. The highest BCUT2D eigenvalue weighted by molar-refractivity contribution is 7.98. The van der Waals surface area contributed by atoms with Gasteiger partial charge in [-0.05, 0) is 44.0 Å². The van der Waals surface area contributed by atoms with Gasteiger partial charge in [0, 0.05) is 9.90 Å². The fraction of sp³-hybridized carbons (Fsp3) is 0.222. The Bertz CT molecular complexity index is 1210. The largest absolute Gasteiger partial charge is 0.309 e. The van der Waals surface area contributed by atoms with Crippen molar-refractivity contribution >= 4 is 44.9 Å². The Kier molecular flexibility index (Phi) is 4.79. The highest BCUT2D eigenvalue weighted by Crippen LogP contribution is 2.28. The molecule has 0 atom stereocenters. The average Bonchev–Trinajstić information content (AvgIpc) is 3.20. The van der Waals surface area contributed by atoms with Gasteiger partial charge >= 0.3 is 0 Å². The first-order valence-electron chi connectivity index (χ1n) is 8.22. The van der Waals surface area contributed by atoms with Crippen molar-refractivity contribution in [2.24, 2.45) is 0 Å². The topological polar surface area (TPSA) is 76.5 Å². The molecule has 0 radical (unpaired) electrons. The van der Waals surface area contributed by atoms with Gasteiger partial charge in [-0.25, -0.2) is 4.98 Å².